The van der Waals surface area contributed by atoms with E-state index < -0.39 is 5.92 Å². The SMILES string of the molecule is CC(Cn1nc(-c2cccs2)ccc1=O)C(=O)Nc1nc2ccccc2[nH]1. The van der Waals surface area contributed by atoms with E-state index in [0.29, 0.717) is 5.95 Å². The lowest BCUT2D eigenvalue weighted by molar-refractivity contribution is -0.119. The lowest BCUT2D eigenvalue weighted by atomic mass is 10.1. The van der Waals surface area contributed by atoms with Crippen molar-refractivity contribution in [1.29, 1.82) is 0 Å². The molecule has 0 aliphatic rings. The van der Waals surface area contributed by atoms with Crippen molar-refractivity contribution in [1.82, 2.24) is 19.7 Å². The fourth-order valence-electron chi connectivity index (χ4n) is 2.73. The van der Waals surface area contributed by atoms with Crippen LogP contribution in [0.4, 0.5) is 5.95 Å². The van der Waals surface area contributed by atoms with E-state index in [-0.39, 0.29) is 18.0 Å². The molecule has 0 radical (unpaired) electrons. The normalized spacial score (nSPS) is 12.2. The molecule has 0 bridgehead atoms. The average molecular weight is 379 g/mol. The second-order valence-corrected chi connectivity index (χ2v) is 7.16. The van der Waals surface area contributed by atoms with Crippen LogP contribution in [0.3, 0.4) is 0 Å². The van der Waals surface area contributed by atoms with Gasteiger partial charge in [-0.3, -0.25) is 14.9 Å². The van der Waals surface area contributed by atoms with Gasteiger partial charge in [0, 0.05) is 6.07 Å². The molecule has 0 aliphatic heterocycles. The highest BCUT2D eigenvalue weighted by Crippen LogP contribution is 2.21. The second kappa shape index (κ2) is 7.16. The van der Waals surface area contributed by atoms with E-state index in [1.165, 1.54) is 10.7 Å². The molecule has 27 heavy (non-hydrogen) atoms. The zero-order valence-electron chi connectivity index (χ0n) is 14.5. The van der Waals surface area contributed by atoms with Gasteiger partial charge in [0.25, 0.3) is 5.56 Å². The van der Waals surface area contributed by atoms with Crippen molar-refractivity contribution in [2.24, 2.45) is 5.92 Å². The molecule has 0 spiro atoms. The molecule has 1 amide bonds. The molecular formula is C19H17N5O2S. The van der Waals surface area contributed by atoms with Crippen molar-refractivity contribution in [3.8, 4) is 10.6 Å². The lowest BCUT2D eigenvalue weighted by Crippen LogP contribution is -2.31. The van der Waals surface area contributed by atoms with E-state index >= 15 is 0 Å². The molecular weight excluding hydrogens is 362 g/mol. The van der Waals surface area contributed by atoms with E-state index in [1.807, 2.05) is 41.8 Å². The van der Waals surface area contributed by atoms with Crippen LogP contribution in [0.5, 0.6) is 0 Å². The molecule has 3 aromatic heterocycles. The van der Waals surface area contributed by atoms with Crippen molar-refractivity contribution in [3.05, 3.63) is 64.3 Å². The number of rotatable bonds is 5. The molecule has 2 N–H and O–H groups in total. The topological polar surface area (TPSA) is 92.7 Å². The Hall–Kier alpha value is -3.26. The Balaban J connectivity index is 1.49. The third kappa shape index (κ3) is 3.65. The highest BCUT2D eigenvalue weighted by atomic mass is 32.1. The van der Waals surface area contributed by atoms with E-state index in [4.69, 9.17) is 0 Å². The van der Waals surface area contributed by atoms with Crippen molar-refractivity contribution >= 4 is 34.2 Å². The van der Waals surface area contributed by atoms with Gasteiger partial charge < -0.3 is 4.98 Å². The number of nitrogens with zero attached hydrogens (tertiary/aromatic N) is 3. The first kappa shape index (κ1) is 17.2. The van der Waals surface area contributed by atoms with Gasteiger partial charge in [-0.05, 0) is 29.6 Å². The summed E-state index contributed by atoms with van der Waals surface area (Å²) in [6.07, 6.45) is 0. The number of para-hydroxylation sites is 2. The van der Waals surface area contributed by atoms with Gasteiger partial charge in [-0.25, -0.2) is 9.67 Å². The number of aromatic amines is 1. The number of hydrogen-bond donors (Lipinski definition) is 2. The molecule has 1 atom stereocenters. The zero-order chi connectivity index (χ0) is 18.8. The molecule has 4 rings (SSSR count). The fraction of sp³-hybridized carbons (Fsp3) is 0.158. The summed E-state index contributed by atoms with van der Waals surface area (Å²) in [6, 6.07) is 14.6. The van der Waals surface area contributed by atoms with Crippen LogP contribution >= 0.6 is 11.3 Å². The quantitative estimate of drug-likeness (QED) is 0.557. The van der Waals surface area contributed by atoms with Crippen molar-refractivity contribution < 1.29 is 4.79 Å². The van der Waals surface area contributed by atoms with Gasteiger partial charge in [-0.15, -0.1) is 11.3 Å². The maximum absolute atomic E-state index is 12.5. The molecule has 0 saturated heterocycles. The summed E-state index contributed by atoms with van der Waals surface area (Å²) in [5.41, 5.74) is 2.11. The fourth-order valence-corrected chi connectivity index (χ4v) is 3.42. The summed E-state index contributed by atoms with van der Waals surface area (Å²) in [7, 11) is 0. The van der Waals surface area contributed by atoms with Crippen LogP contribution in [0.25, 0.3) is 21.6 Å². The summed E-state index contributed by atoms with van der Waals surface area (Å²) < 4.78 is 1.33. The Morgan fingerprint density at radius 1 is 1.22 bits per heavy atom. The van der Waals surface area contributed by atoms with Crippen molar-refractivity contribution in [2.45, 2.75) is 13.5 Å². The van der Waals surface area contributed by atoms with E-state index in [2.05, 4.69) is 20.4 Å². The molecule has 1 unspecified atom stereocenters. The number of aromatic nitrogens is 4. The van der Waals surface area contributed by atoms with Gasteiger partial charge >= 0.3 is 0 Å². The smallest absolute Gasteiger partial charge is 0.266 e. The predicted octanol–water partition coefficient (Wildman–Crippen LogP) is 3.12. The first-order valence-electron chi connectivity index (χ1n) is 8.48. The maximum atomic E-state index is 12.5. The highest BCUT2D eigenvalue weighted by molar-refractivity contribution is 7.13. The second-order valence-electron chi connectivity index (χ2n) is 6.21. The van der Waals surface area contributed by atoms with Gasteiger partial charge in [0.05, 0.1) is 28.4 Å². The number of fused-ring (bicyclic) bond motifs is 1. The number of imidazole rings is 1. The van der Waals surface area contributed by atoms with Crippen LogP contribution in [-0.2, 0) is 11.3 Å². The molecule has 0 fully saturated rings. The van der Waals surface area contributed by atoms with Crippen molar-refractivity contribution in [2.75, 3.05) is 5.32 Å². The Kier molecular flexibility index (Phi) is 4.55. The van der Waals surface area contributed by atoms with Crippen LogP contribution in [0.1, 0.15) is 6.92 Å². The van der Waals surface area contributed by atoms with Crippen molar-refractivity contribution in [3.63, 3.8) is 0 Å². The molecule has 8 heteroatoms. The van der Waals surface area contributed by atoms with E-state index in [9.17, 15) is 9.59 Å². The van der Waals surface area contributed by atoms with Crippen LogP contribution in [-0.4, -0.2) is 25.7 Å². The van der Waals surface area contributed by atoms with Gasteiger partial charge in [0.15, 0.2) is 0 Å². The Bertz CT molecular complexity index is 1110. The lowest BCUT2D eigenvalue weighted by Gasteiger charge is -2.12. The number of anilines is 1. The van der Waals surface area contributed by atoms with Gasteiger partial charge in [-0.2, -0.15) is 5.10 Å². The summed E-state index contributed by atoms with van der Waals surface area (Å²) in [5.74, 6) is -0.299. The first-order valence-corrected chi connectivity index (χ1v) is 9.36. The zero-order valence-corrected chi connectivity index (χ0v) is 15.4. The van der Waals surface area contributed by atoms with Crippen LogP contribution in [0.15, 0.2) is 58.7 Å². The van der Waals surface area contributed by atoms with E-state index in [0.717, 1.165) is 21.6 Å². The molecule has 0 aliphatic carbocycles. The molecule has 3 heterocycles. The molecule has 1 aromatic carbocycles. The number of hydrogen-bond acceptors (Lipinski definition) is 5. The number of carbonyl (C=O) groups is 1. The number of benzene rings is 1. The monoisotopic (exact) mass is 379 g/mol. The first-order chi connectivity index (χ1) is 13.1. The highest BCUT2D eigenvalue weighted by Gasteiger charge is 2.17. The van der Waals surface area contributed by atoms with Gasteiger partial charge in [0.2, 0.25) is 11.9 Å². The molecule has 4 aromatic rings. The summed E-state index contributed by atoms with van der Waals surface area (Å²) in [5, 5.41) is 9.11. The number of thiophene rings is 1. The molecule has 7 nitrogen and oxygen atoms in total. The number of H-pyrrole nitrogens is 1. The standard InChI is InChI=1S/C19H17N5O2S/c1-12(18(26)22-19-20-13-5-2-3-6-14(13)21-19)11-24-17(25)9-8-15(23-24)16-7-4-10-27-16/h2-10,12H,11H2,1H3,(H2,20,21,22,26). The van der Waals surface area contributed by atoms with Crippen LogP contribution in [0, 0.1) is 5.92 Å². The Morgan fingerprint density at radius 2 is 2.07 bits per heavy atom. The van der Waals surface area contributed by atoms with Gasteiger partial charge in [0.1, 0.15) is 5.69 Å². The summed E-state index contributed by atoms with van der Waals surface area (Å²) in [4.78, 5) is 33.0. The minimum absolute atomic E-state index is 0.185. The van der Waals surface area contributed by atoms with E-state index in [1.54, 1.807) is 24.3 Å². The number of carbonyl (C=O) groups excluding carboxylic acids is 1. The predicted molar refractivity (Wildman–Crippen MR) is 106 cm³/mol. The van der Waals surface area contributed by atoms with Crippen LogP contribution in [0.2, 0.25) is 0 Å². The molecule has 136 valence electrons. The summed E-state index contributed by atoms with van der Waals surface area (Å²) >= 11 is 1.55. The Morgan fingerprint density at radius 3 is 2.85 bits per heavy atom. The van der Waals surface area contributed by atoms with Crippen LogP contribution < -0.4 is 10.9 Å². The Labute approximate surface area is 158 Å². The third-order valence-corrected chi connectivity index (χ3v) is 5.06. The third-order valence-electron chi connectivity index (χ3n) is 4.17. The molecule has 0 saturated carbocycles. The largest absolute Gasteiger partial charge is 0.324 e. The average Bonchev–Trinajstić information content (AvgIpc) is 3.32. The minimum atomic E-state index is -0.456. The van der Waals surface area contributed by atoms with Gasteiger partial charge in [-0.1, -0.05) is 25.1 Å². The minimum Gasteiger partial charge on any atom is -0.324 e. The summed E-state index contributed by atoms with van der Waals surface area (Å²) in [6.45, 7) is 1.94. The maximum Gasteiger partial charge on any atom is 0.266 e. The number of amides is 1. The number of nitrogens with one attached hydrogen (secondary N) is 2.